The van der Waals surface area contributed by atoms with Crippen molar-refractivity contribution in [3.8, 4) is 0 Å². The lowest BCUT2D eigenvalue weighted by Crippen LogP contribution is -1.99. The fourth-order valence-electron chi connectivity index (χ4n) is 1.73. The molecule has 0 radical (unpaired) electrons. The van der Waals surface area contributed by atoms with Crippen LogP contribution >= 0.6 is 27.3 Å². The SMILES string of the molecule is Nc1ccc2nc(NCc3sccc3Br)[nH]c2c1. The summed E-state index contributed by atoms with van der Waals surface area (Å²) >= 11 is 5.21. The first kappa shape index (κ1) is 11.6. The molecule has 0 saturated heterocycles. The van der Waals surface area contributed by atoms with Crippen molar-refractivity contribution in [2.24, 2.45) is 0 Å². The van der Waals surface area contributed by atoms with Crippen molar-refractivity contribution in [1.29, 1.82) is 0 Å². The van der Waals surface area contributed by atoms with Gasteiger partial charge in [0.2, 0.25) is 5.95 Å². The second-order valence-electron chi connectivity index (χ2n) is 3.91. The molecular weight excluding hydrogens is 312 g/mol. The van der Waals surface area contributed by atoms with Crippen LogP contribution in [-0.4, -0.2) is 9.97 Å². The normalized spacial score (nSPS) is 10.9. The largest absolute Gasteiger partial charge is 0.399 e. The van der Waals surface area contributed by atoms with Crippen LogP contribution < -0.4 is 11.1 Å². The summed E-state index contributed by atoms with van der Waals surface area (Å²) in [7, 11) is 0. The molecule has 0 spiro atoms. The van der Waals surface area contributed by atoms with Gasteiger partial charge in [-0.1, -0.05) is 0 Å². The Hall–Kier alpha value is -1.53. The first-order valence-corrected chi connectivity index (χ1v) is 7.10. The predicted molar refractivity (Wildman–Crippen MR) is 79.9 cm³/mol. The Morgan fingerprint density at radius 1 is 1.39 bits per heavy atom. The van der Waals surface area contributed by atoms with E-state index < -0.39 is 0 Å². The van der Waals surface area contributed by atoms with Crippen LogP contribution in [-0.2, 0) is 6.54 Å². The molecule has 92 valence electrons. The van der Waals surface area contributed by atoms with E-state index in [-0.39, 0.29) is 0 Å². The van der Waals surface area contributed by atoms with Crippen LogP contribution in [0, 0.1) is 0 Å². The lowest BCUT2D eigenvalue weighted by atomic mass is 10.3. The molecule has 3 aromatic rings. The standard InChI is InChI=1S/C12H11BrN4S/c13-8-3-4-18-11(8)6-15-12-16-9-2-1-7(14)5-10(9)17-12/h1-5H,6,14H2,(H2,15,16,17). The van der Waals surface area contributed by atoms with E-state index in [0.29, 0.717) is 0 Å². The zero-order valence-corrected chi connectivity index (χ0v) is 11.8. The Labute approximate surface area is 116 Å². The third kappa shape index (κ3) is 2.21. The molecule has 2 heterocycles. The molecule has 4 nitrogen and oxygen atoms in total. The molecule has 3 rings (SSSR count). The van der Waals surface area contributed by atoms with Crippen molar-refractivity contribution in [2.75, 3.05) is 11.1 Å². The van der Waals surface area contributed by atoms with Crippen LogP contribution in [0.4, 0.5) is 11.6 Å². The highest BCUT2D eigenvalue weighted by Gasteiger charge is 2.05. The predicted octanol–water partition coefficient (Wildman–Crippen LogP) is 3.58. The van der Waals surface area contributed by atoms with Crippen LogP contribution in [0.1, 0.15) is 4.88 Å². The maximum atomic E-state index is 5.73. The Balaban J connectivity index is 1.81. The fraction of sp³-hybridized carbons (Fsp3) is 0.0833. The highest BCUT2D eigenvalue weighted by molar-refractivity contribution is 9.10. The van der Waals surface area contributed by atoms with Crippen LogP contribution in [0.3, 0.4) is 0 Å². The van der Waals surface area contributed by atoms with Gasteiger partial charge in [0.1, 0.15) is 0 Å². The minimum absolute atomic E-state index is 0.735. The van der Waals surface area contributed by atoms with E-state index in [1.807, 2.05) is 24.3 Å². The maximum Gasteiger partial charge on any atom is 0.201 e. The van der Waals surface area contributed by atoms with E-state index in [2.05, 4.69) is 36.6 Å². The van der Waals surface area contributed by atoms with Crippen LogP contribution in [0.5, 0.6) is 0 Å². The first-order valence-electron chi connectivity index (χ1n) is 5.43. The number of hydrogen-bond acceptors (Lipinski definition) is 4. The quantitative estimate of drug-likeness (QED) is 0.646. The monoisotopic (exact) mass is 322 g/mol. The van der Waals surface area contributed by atoms with Gasteiger partial charge in [-0.05, 0) is 45.6 Å². The average molecular weight is 323 g/mol. The van der Waals surface area contributed by atoms with E-state index in [1.54, 1.807) is 11.3 Å². The molecule has 0 unspecified atom stereocenters. The molecule has 2 aromatic heterocycles. The summed E-state index contributed by atoms with van der Waals surface area (Å²) in [4.78, 5) is 8.90. The first-order chi connectivity index (χ1) is 8.72. The third-order valence-electron chi connectivity index (χ3n) is 2.61. The van der Waals surface area contributed by atoms with Gasteiger partial charge in [0.25, 0.3) is 0 Å². The molecule has 0 saturated carbocycles. The van der Waals surface area contributed by atoms with E-state index in [0.717, 1.165) is 33.7 Å². The molecule has 4 N–H and O–H groups in total. The Morgan fingerprint density at radius 3 is 3.06 bits per heavy atom. The number of thiophene rings is 1. The lowest BCUT2D eigenvalue weighted by molar-refractivity contribution is 1.12. The number of imidazole rings is 1. The van der Waals surface area contributed by atoms with Crippen LogP contribution in [0.25, 0.3) is 11.0 Å². The van der Waals surface area contributed by atoms with E-state index in [1.165, 1.54) is 4.88 Å². The molecule has 0 aliphatic carbocycles. The number of benzene rings is 1. The summed E-state index contributed by atoms with van der Waals surface area (Å²) in [5.74, 6) is 0.760. The highest BCUT2D eigenvalue weighted by atomic mass is 79.9. The van der Waals surface area contributed by atoms with Crippen molar-refractivity contribution in [3.05, 3.63) is 39.0 Å². The summed E-state index contributed by atoms with van der Waals surface area (Å²) in [6.07, 6.45) is 0. The van der Waals surface area contributed by atoms with Gasteiger partial charge in [-0.15, -0.1) is 11.3 Å². The van der Waals surface area contributed by atoms with E-state index in [9.17, 15) is 0 Å². The second kappa shape index (κ2) is 4.62. The number of rotatable bonds is 3. The molecule has 0 amide bonds. The third-order valence-corrected chi connectivity index (χ3v) is 4.54. The zero-order chi connectivity index (χ0) is 12.5. The molecule has 0 aliphatic heterocycles. The van der Waals surface area contributed by atoms with Gasteiger partial charge < -0.3 is 16.0 Å². The van der Waals surface area contributed by atoms with Crippen molar-refractivity contribution in [1.82, 2.24) is 9.97 Å². The van der Waals surface area contributed by atoms with Gasteiger partial charge in [-0.3, -0.25) is 0 Å². The number of nitrogens with one attached hydrogen (secondary N) is 2. The number of nitrogens with two attached hydrogens (primary N) is 1. The summed E-state index contributed by atoms with van der Waals surface area (Å²) in [5, 5.41) is 5.33. The number of nitrogen functional groups attached to an aromatic ring is 1. The van der Waals surface area contributed by atoms with Gasteiger partial charge in [0.15, 0.2) is 0 Å². The maximum absolute atomic E-state index is 5.73. The van der Waals surface area contributed by atoms with Gasteiger partial charge in [-0.25, -0.2) is 4.98 Å². The Bertz CT molecular complexity index is 688. The number of halogens is 1. The second-order valence-corrected chi connectivity index (χ2v) is 5.76. The van der Waals surface area contributed by atoms with Crippen LogP contribution in [0.2, 0.25) is 0 Å². The number of aromatic nitrogens is 2. The molecule has 0 atom stereocenters. The minimum Gasteiger partial charge on any atom is -0.399 e. The average Bonchev–Trinajstić information content (AvgIpc) is 2.92. The molecule has 0 fully saturated rings. The zero-order valence-electron chi connectivity index (χ0n) is 9.40. The molecule has 1 aromatic carbocycles. The molecule has 18 heavy (non-hydrogen) atoms. The molecule has 6 heteroatoms. The lowest BCUT2D eigenvalue weighted by Gasteiger charge is -2.00. The topological polar surface area (TPSA) is 66.7 Å². The highest BCUT2D eigenvalue weighted by Crippen LogP contribution is 2.24. The number of fused-ring (bicyclic) bond motifs is 1. The Kier molecular flexibility index (Phi) is 2.97. The van der Waals surface area contributed by atoms with Gasteiger partial charge in [0.05, 0.1) is 17.6 Å². The number of hydrogen-bond donors (Lipinski definition) is 3. The van der Waals surface area contributed by atoms with Gasteiger partial charge >= 0.3 is 0 Å². The molecule has 0 aliphatic rings. The van der Waals surface area contributed by atoms with Crippen molar-refractivity contribution >= 4 is 49.9 Å². The smallest absolute Gasteiger partial charge is 0.201 e. The Morgan fingerprint density at radius 2 is 2.28 bits per heavy atom. The summed E-state index contributed by atoms with van der Waals surface area (Å²) in [5.41, 5.74) is 8.33. The van der Waals surface area contributed by atoms with Crippen molar-refractivity contribution < 1.29 is 0 Å². The summed E-state index contributed by atoms with van der Waals surface area (Å²) in [6.45, 7) is 0.744. The number of H-pyrrole nitrogens is 1. The van der Waals surface area contributed by atoms with Crippen molar-refractivity contribution in [3.63, 3.8) is 0 Å². The number of nitrogens with zero attached hydrogens (tertiary/aromatic N) is 1. The fourth-order valence-corrected chi connectivity index (χ4v) is 3.16. The van der Waals surface area contributed by atoms with Gasteiger partial charge in [0, 0.05) is 15.0 Å². The van der Waals surface area contributed by atoms with Crippen molar-refractivity contribution in [2.45, 2.75) is 6.54 Å². The summed E-state index contributed by atoms with van der Waals surface area (Å²) in [6, 6.07) is 7.69. The molecular formula is C12H11BrN4S. The van der Waals surface area contributed by atoms with Crippen LogP contribution in [0.15, 0.2) is 34.1 Å². The number of anilines is 2. The number of aromatic amines is 1. The van der Waals surface area contributed by atoms with E-state index >= 15 is 0 Å². The summed E-state index contributed by atoms with van der Waals surface area (Å²) < 4.78 is 1.13. The van der Waals surface area contributed by atoms with E-state index in [4.69, 9.17) is 5.73 Å². The minimum atomic E-state index is 0.735. The molecule has 0 bridgehead atoms. The van der Waals surface area contributed by atoms with Gasteiger partial charge in [-0.2, -0.15) is 0 Å².